The Hall–Kier alpha value is -2.85. The predicted octanol–water partition coefficient (Wildman–Crippen LogP) is 8.84. The standard InChI is InChI=1S/C26H26NSi.C9H16O2.Ir/c1-18-13-19(2)15-23(14-18)26-25(28(3,4)5)17-22-12-11-21(16-24(22)27-26)20-9-7-6-8-10-20;1-6(2)8(10)5-9(11)7(3)4;/h6-14,16-17H,1-5H3;5-7,10H,1-4H3;/q-1;;/b;8-5-;. The minimum Gasteiger partial charge on any atom is -0.512 e. The Morgan fingerprint density at radius 2 is 1.52 bits per heavy atom. The van der Waals surface area contributed by atoms with E-state index < -0.39 is 8.07 Å². The van der Waals surface area contributed by atoms with E-state index in [9.17, 15) is 9.90 Å². The van der Waals surface area contributed by atoms with Crippen LogP contribution in [0.25, 0.3) is 33.3 Å². The summed E-state index contributed by atoms with van der Waals surface area (Å²) in [5, 5.41) is 11.8. The number of hydrogen-bond acceptors (Lipinski definition) is 3. The zero-order chi connectivity index (χ0) is 28.9. The van der Waals surface area contributed by atoms with Gasteiger partial charge in [0, 0.05) is 38.0 Å². The van der Waals surface area contributed by atoms with Crippen molar-refractivity contribution in [3.63, 3.8) is 0 Å². The number of pyridine rings is 1. The quantitative estimate of drug-likeness (QED) is 0.0935. The molecule has 3 nitrogen and oxygen atoms in total. The summed E-state index contributed by atoms with van der Waals surface area (Å²) in [5.41, 5.74) is 8.11. The van der Waals surface area contributed by atoms with Crippen LogP contribution in [-0.4, -0.2) is 23.9 Å². The fraction of sp³-hybridized carbons (Fsp3) is 0.314. The molecule has 213 valence electrons. The molecule has 3 aromatic carbocycles. The third-order valence-corrected chi connectivity index (χ3v) is 8.58. The minimum absolute atomic E-state index is 0. The number of carbonyl (C=O) groups excluding carboxylic acids is 1. The smallest absolute Gasteiger partial charge is 0.161 e. The average molecular weight is 729 g/mol. The van der Waals surface area contributed by atoms with Gasteiger partial charge in [-0.3, -0.25) is 9.78 Å². The van der Waals surface area contributed by atoms with Crippen molar-refractivity contribution >= 4 is 29.9 Å². The molecule has 40 heavy (non-hydrogen) atoms. The van der Waals surface area contributed by atoms with E-state index in [0.29, 0.717) is 0 Å². The summed E-state index contributed by atoms with van der Waals surface area (Å²) in [7, 11) is -1.57. The zero-order valence-electron chi connectivity index (χ0n) is 25.2. The molecule has 0 aliphatic carbocycles. The van der Waals surface area contributed by atoms with Gasteiger partial charge in [-0.2, -0.15) is 0 Å². The Balaban J connectivity index is 0.000000400. The molecule has 0 amide bonds. The van der Waals surface area contributed by atoms with Gasteiger partial charge in [0.25, 0.3) is 0 Å². The Kier molecular flexibility index (Phi) is 11.8. The topological polar surface area (TPSA) is 50.2 Å². The molecule has 1 aromatic heterocycles. The number of nitrogens with zero attached hydrogens (tertiary/aromatic N) is 1. The maximum Gasteiger partial charge on any atom is 0.161 e. The molecule has 5 heteroatoms. The number of rotatable bonds is 6. The van der Waals surface area contributed by atoms with E-state index in [4.69, 9.17) is 4.98 Å². The van der Waals surface area contributed by atoms with Gasteiger partial charge >= 0.3 is 0 Å². The second-order valence-electron chi connectivity index (χ2n) is 11.9. The minimum atomic E-state index is -1.57. The van der Waals surface area contributed by atoms with Gasteiger partial charge in [0.05, 0.1) is 19.3 Å². The molecule has 0 spiro atoms. The Morgan fingerprint density at radius 1 is 0.875 bits per heavy atom. The van der Waals surface area contributed by atoms with Crippen LogP contribution >= 0.6 is 0 Å². The first kappa shape index (κ1) is 33.4. The summed E-state index contributed by atoms with van der Waals surface area (Å²) in [6, 6.07) is 27.4. The van der Waals surface area contributed by atoms with Crippen LogP contribution in [0.2, 0.25) is 19.6 Å². The van der Waals surface area contributed by atoms with Gasteiger partial charge in [0.15, 0.2) is 5.78 Å². The summed E-state index contributed by atoms with van der Waals surface area (Å²) >= 11 is 0. The molecule has 4 aromatic rings. The molecule has 1 heterocycles. The summed E-state index contributed by atoms with van der Waals surface area (Å²) in [6.07, 6.45) is 1.31. The number of hydrogen-bond donors (Lipinski definition) is 1. The number of aliphatic hydroxyl groups excluding tert-OH is 1. The van der Waals surface area contributed by atoms with Crippen LogP contribution < -0.4 is 5.19 Å². The number of carbonyl (C=O) groups is 1. The van der Waals surface area contributed by atoms with Crippen molar-refractivity contribution in [1.82, 2.24) is 4.98 Å². The van der Waals surface area contributed by atoms with Crippen molar-refractivity contribution in [3.8, 4) is 22.4 Å². The van der Waals surface area contributed by atoms with E-state index in [1.165, 1.54) is 33.3 Å². The van der Waals surface area contributed by atoms with Crippen LogP contribution in [0.5, 0.6) is 0 Å². The first-order valence-corrected chi connectivity index (χ1v) is 17.2. The van der Waals surface area contributed by atoms with Crippen molar-refractivity contribution in [2.24, 2.45) is 11.8 Å². The molecule has 0 fully saturated rings. The van der Waals surface area contributed by atoms with Crippen LogP contribution in [0.1, 0.15) is 38.8 Å². The van der Waals surface area contributed by atoms with Gasteiger partial charge in [-0.15, -0.1) is 34.9 Å². The molecule has 0 unspecified atom stereocenters. The summed E-state index contributed by atoms with van der Waals surface area (Å²) in [6.45, 7) is 18.7. The number of aryl methyl sites for hydroxylation is 2. The summed E-state index contributed by atoms with van der Waals surface area (Å²) in [4.78, 5) is 16.2. The molecular weight excluding hydrogens is 687 g/mol. The normalized spacial score (nSPS) is 11.7. The average Bonchev–Trinajstić information content (AvgIpc) is 2.87. The third kappa shape index (κ3) is 8.82. The fourth-order valence-corrected chi connectivity index (χ4v) is 5.75. The Labute approximate surface area is 255 Å². The molecule has 4 rings (SSSR count). The molecule has 0 saturated carbocycles. The van der Waals surface area contributed by atoms with Crippen molar-refractivity contribution in [2.45, 2.75) is 61.2 Å². The largest absolute Gasteiger partial charge is 0.512 e. The zero-order valence-corrected chi connectivity index (χ0v) is 28.6. The Bertz CT molecular complexity index is 1460. The molecule has 0 bridgehead atoms. The van der Waals surface area contributed by atoms with Gasteiger partial charge in [-0.25, -0.2) is 0 Å². The number of allylic oxidation sites excluding steroid dienone is 2. The maximum atomic E-state index is 11.0. The third-order valence-electron chi connectivity index (χ3n) is 6.59. The van der Waals surface area contributed by atoms with E-state index in [0.717, 1.165) is 22.3 Å². The van der Waals surface area contributed by atoms with Crippen LogP contribution in [0, 0.1) is 31.7 Å². The van der Waals surface area contributed by atoms with Crippen molar-refractivity contribution in [1.29, 1.82) is 0 Å². The molecule has 0 atom stereocenters. The van der Waals surface area contributed by atoms with Gasteiger partial charge in [0.2, 0.25) is 0 Å². The molecule has 1 radical (unpaired) electrons. The predicted molar refractivity (Wildman–Crippen MR) is 169 cm³/mol. The van der Waals surface area contributed by atoms with Crippen LogP contribution in [-0.2, 0) is 24.9 Å². The van der Waals surface area contributed by atoms with E-state index in [1.807, 2.05) is 27.7 Å². The molecule has 1 N–H and O–H groups in total. The molecule has 0 saturated heterocycles. The Morgan fingerprint density at radius 3 is 2.08 bits per heavy atom. The maximum absolute atomic E-state index is 11.0. The second-order valence-corrected chi connectivity index (χ2v) is 17.0. The first-order valence-electron chi connectivity index (χ1n) is 13.7. The van der Waals surface area contributed by atoms with Crippen molar-refractivity contribution in [2.75, 3.05) is 0 Å². The summed E-state index contributed by atoms with van der Waals surface area (Å²) in [5.74, 6) is 0.161. The monoisotopic (exact) mass is 729 g/mol. The second kappa shape index (κ2) is 14.2. The number of ketones is 1. The fourth-order valence-electron chi connectivity index (χ4n) is 4.26. The van der Waals surface area contributed by atoms with Crippen LogP contribution in [0.15, 0.2) is 78.6 Å². The van der Waals surface area contributed by atoms with E-state index in [2.05, 4.69) is 106 Å². The number of benzene rings is 3. The number of aliphatic hydroxyl groups is 1. The van der Waals surface area contributed by atoms with Gasteiger partial charge in [-0.05, 0) is 28.3 Å². The van der Waals surface area contributed by atoms with Gasteiger partial charge in [-0.1, -0.05) is 115 Å². The first-order chi connectivity index (χ1) is 18.3. The van der Waals surface area contributed by atoms with Crippen LogP contribution in [0.4, 0.5) is 0 Å². The van der Waals surface area contributed by atoms with Crippen molar-refractivity contribution in [3.05, 3.63) is 95.8 Å². The van der Waals surface area contributed by atoms with E-state index in [1.54, 1.807) is 0 Å². The van der Waals surface area contributed by atoms with Gasteiger partial charge < -0.3 is 5.11 Å². The molecular formula is C35H42IrNO2Si-. The van der Waals surface area contributed by atoms with Gasteiger partial charge in [0.1, 0.15) is 0 Å². The SMILES string of the molecule is CC(C)C(=O)/C=C(\O)C(C)C.Cc1[c-]c(-c2nc3cc(-c4ccccc4)ccc3cc2[Si](C)(C)C)cc(C)c1.[Ir]. The number of aromatic nitrogens is 1. The van der Waals surface area contributed by atoms with Crippen molar-refractivity contribution < 1.29 is 30.0 Å². The molecule has 0 aliphatic heterocycles. The summed E-state index contributed by atoms with van der Waals surface area (Å²) < 4.78 is 0. The van der Waals surface area contributed by atoms with E-state index in [-0.39, 0.29) is 43.5 Å². The number of fused-ring (bicyclic) bond motifs is 1. The van der Waals surface area contributed by atoms with Crippen LogP contribution in [0.3, 0.4) is 0 Å². The molecule has 0 aliphatic rings. The van der Waals surface area contributed by atoms with E-state index >= 15 is 0 Å².